The smallest absolute Gasteiger partial charge is 0.265 e. The van der Waals surface area contributed by atoms with Crippen LogP contribution in [0.15, 0.2) is 122 Å². The summed E-state index contributed by atoms with van der Waals surface area (Å²) in [4.78, 5) is 49.4. The fourth-order valence-corrected chi connectivity index (χ4v) is 7.60. The average Bonchev–Trinajstić information content (AvgIpc) is 3.95. The highest BCUT2D eigenvalue weighted by Gasteiger charge is 2.20. The van der Waals surface area contributed by atoms with E-state index in [0.717, 1.165) is 55.1 Å². The Hall–Kier alpha value is -8.95. The van der Waals surface area contributed by atoms with Crippen LogP contribution in [0.3, 0.4) is 0 Å². The van der Waals surface area contributed by atoms with Crippen LogP contribution in [0.25, 0.3) is 66.1 Å². The zero-order valence-corrected chi connectivity index (χ0v) is 33.5. The van der Waals surface area contributed by atoms with Gasteiger partial charge in [-0.05, 0) is 114 Å². The SMILES string of the molecule is Cc1c(C(N)=O)n(C)c2c(-c3ccncc3)cc(F)cc12.Cn1c(C(N)=O)cc2cc(C#N)cc(-c3ccncc3)c21.N#Cc1cc(-c2ccncc2)c2[nH]c(C(N)=O)cc2c1. The number of primary amides is 3. The molecule has 3 aromatic carbocycles. The van der Waals surface area contributed by atoms with Crippen molar-refractivity contribution in [3.05, 3.63) is 162 Å². The number of pyridine rings is 3. The predicted molar refractivity (Wildman–Crippen MR) is 234 cm³/mol. The number of fused-ring (bicyclic) bond motifs is 3. The number of nitrogens with zero attached hydrogens (tertiary/aromatic N) is 7. The molecular weight excluding hydrogens is 786 g/mol. The zero-order chi connectivity index (χ0) is 44.2. The topological polar surface area (TPSA) is 241 Å². The number of halogens is 1. The van der Waals surface area contributed by atoms with Crippen LogP contribution in [-0.2, 0) is 14.1 Å². The Morgan fingerprint density at radius 1 is 0.613 bits per heavy atom. The normalized spacial score (nSPS) is 10.6. The molecule has 0 saturated heterocycles. The van der Waals surface area contributed by atoms with Crippen LogP contribution in [-0.4, -0.2) is 46.8 Å². The van der Waals surface area contributed by atoms with Crippen molar-refractivity contribution in [3.8, 4) is 45.5 Å². The van der Waals surface area contributed by atoms with Crippen molar-refractivity contribution in [1.82, 2.24) is 29.1 Å². The van der Waals surface area contributed by atoms with E-state index >= 15 is 0 Å². The molecule has 6 aromatic heterocycles. The minimum absolute atomic E-state index is 0.324. The molecule has 62 heavy (non-hydrogen) atoms. The minimum Gasteiger partial charge on any atom is -0.364 e. The van der Waals surface area contributed by atoms with E-state index in [4.69, 9.17) is 22.5 Å². The van der Waals surface area contributed by atoms with Crippen LogP contribution >= 0.6 is 0 Å². The zero-order valence-electron chi connectivity index (χ0n) is 33.5. The molecule has 0 aliphatic heterocycles. The van der Waals surface area contributed by atoms with Gasteiger partial charge in [-0.15, -0.1) is 0 Å². The standard InChI is InChI=1S/C16H14FN3O.C16H12N4O.C15H10N4O/c1-9-12-7-11(17)8-13(10-3-5-19-6-4-10)15(12)20(2)14(9)16(18)21;1-20-14(16(18)21)8-12-6-10(9-17)7-13(15(12)20)11-2-4-19-5-3-11;16-8-9-5-11-7-13(15(17)20)19-14(11)12(6-9)10-1-3-18-4-2-10/h3-8H,1-2H3,(H2,18,21);2-8H,1H3,(H2,18,21);1-7,19H,(H2,17,20). The number of benzene rings is 3. The summed E-state index contributed by atoms with van der Waals surface area (Å²) in [6.45, 7) is 1.78. The van der Waals surface area contributed by atoms with Gasteiger partial charge in [-0.1, -0.05) is 0 Å². The summed E-state index contributed by atoms with van der Waals surface area (Å²) in [6.07, 6.45) is 10.0. The molecule has 15 heteroatoms. The second-order valence-electron chi connectivity index (χ2n) is 14.1. The minimum atomic E-state index is -0.527. The Morgan fingerprint density at radius 3 is 1.61 bits per heavy atom. The lowest BCUT2D eigenvalue weighted by Crippen LogP contribution is -2.16. The number of hydrogen-bond donors (Lipinski definition) is 4. The summed E-state index contributed by atoms with van der Waals surface area (Å²) in [7, 11) is 3.55. The van der Waals surface area contributed by atoms with E-state index < -0.39 is 17.7 Å². The maximum absolute atomic E-state index is 14.0. The second kappa shape index (κ2) is 17.1. The number of amides is 3. The lowest BCUT2D eigenvalue weighted by Gasteiger charge is -2.08. The van der Waals surface area contributed by atoms with E-state index in [0.29, 0.717) is 44.7 Å². The van der Waals surface area contributed by atoms with Crippen molar-refractivity contribution in [2.45, 2.75) is 6.92 Å². The van der Waals surface area contributed by atoms with Crippen molar-refractivity contribution < 1.29 is 18.8 Å². The van der Waals surface area contributed by atoms with E-state index in [1.165, 1.54) is 12.1 Å². The third-order valence-electron chi connectivity index (χ3n) is 10.3. The number of nitrogens with one attached hydrogen (secondary N) is 1. The molecule has 3 amide bonds. The Balaban J connectivity index is 0.000000140. The fourth-order valence-electron chi connectivity index (χ4n) is 7.60. The third kappa shape index (κ3) is 7.92. The number of carbonyl (C=O) groups is 3. The molecule has 0 spiro atoms. The lowest BCUT2D eigenvalue weighted by molar-refractivity contribution is 0.0984. The molecule has 9 rings (SSSR count). The number of carbonyl (C=O) groups excluding carboxylic acids is 3. The second-order valence-corrected chi connectivity index (χ2v) is 14.1. The van der Waals surface area contributed by atoms with Gasteiger partial charge in [0.2, 0.25) is 0 Å². The third-order valence-corrected chi connectivity index (χ3v) is 10.3. The van der Waals surface area contributed by atoms with E-state index in [1.54, 1.807) is 110 Å². The first-order valence-corrected chi connectivity index (χ1v) is 18.8. The van der Waals surface area contributed by atoms with Crippen LogP contribution in [0, 0.1) is 35.4 Å². The first-order valence-electron chi connectivity index (χ1n) is 18.8. The van der Waals surface area contributed by atoms with Crippen LogP contribution in [0.2, 0.25) is 0 Å². The van der Waals surface area contributed by atoms with E-state index in [2.05, 4.69) is 32.1 Å². The molecule has 0 radical (unpaired) electrons. The molecule has 0 aliphatic rings. The Morgan fingerprint density at radius 2 is 1.11 bits per heavy atom. The largest absolute Gasteiger partial charge is 0.364 e. The highest BCUT2D eigenvalue weighted by Crippen LogP contribution is 2.35. The lowest BCUT2D eigenvalue weighted by atomic mass is 10.0. The van der Waals surface area contributed by atoms with E-state index in [9.17, 15) is 24.0 Å². The molecule has 0 fully saturated rings. The maximum Gasteiger partial charge on any atom is 0.265 e. The molecule has 7 N–H and O–H groups in total. The van der Waals surface area contributed by atoms with Gasteiger partial charge in [0.1, 0.15) is 22.9 Å². The van der Waals surface area contributed by atoms with Gasteiger partial charge in [0.05, 0.1) is 39.8 Å². The van der Waals surface area contributed by atoms with Gasteiger partial charge < -0.3 is 31.3 Å². The summed E-state index contributed by atoms with van der Waals surface area (Å²) in [5, 5.41) is 20.6. The van der Waals surface area contributed by atoms with Gasteiger partial charge in [0.25, 0.3) is 17.7 Å². The molecular formula is C47H36FN11O3. The maximum atomic E-state index is 14.0. The van der Waals surface area contributed by atoms with Crippen molar-refractivity contribution in [2.24, 2.45) is 31.3 Å². The highest BCUT2D eigenvalue weighted by atomic mass is 19.1. The number of aryl methyl sites for hydroxylation is 3. The van der Waals surface area contributed by atoms with Crippen molar-refractivity contribution in [2.75, 3.05) is 0 Å². The molecule has 14 nitrogen and oxygen atoms in total. The fraction of sp³-hybridized carbons (Fsp3) is 0.0638. The molecule has 0 unspecified atom stereocenters. The van der Waals surface area contributed by atoms with Crippen molar-refractivity contribution in [3.63, 3.8) is 0 Å². The molecule has 304 valence electrons. The van der Waals surface area contributed by atoms with Gasteiger partial charge >= 0.3 is 0 Å². The van der Waals surface area contributed by atoms with E-state index in [-0.39, 0.29) is 5.82 Å². The monoisotopic (exact) mass is 821 g/mol. The number of nitrogens with two attached hydrogens (primary N) is 3. The summed E-state index contributed by atoms with van der Waals surface area (Å²) in [5.74, 6) is -1.89. The van der Waals surface area contributed by atoms with Crippen molar-refractivity contribution in [1.29, 1.82) is 10.5 Å². The number of nitriles is 2. The average molecular weight is 822 g/mol. The van der Waals surface area contributed by atoms with Crippen LogP contribution in [0.5, 0.6) is 0 Å². The molecule has 0 atom stereocenters. The number of hydrogen-bond acceptors (Lipinski definition) is 8. The van der Waals surface area contributed by atoms with Gasteiger partial charge in [-0.3, -0.25) is 29.3 Å². The quantitative estimate of drug-likeness (QED) is 0.133. The van der Waals surface area contributed by atoms with Gasteiger partial charge in [0.15, 0.2) is 0 Å². The van der Waals surface area contributed by atoms with Gasteiger partial charge in [0, 0.05) is 84.1 Å². The molecule has 0 bridgehead atoms. The van der Waals surface area contributed by atoms with Crippen LogP contribution in [0.1, 0.15) is 48.2 Å². The summed E-state index contributed by atoms with van der Waals surface area (Å²) >= 11 is 0. The molecule has 9 aromatic rings. The molecule has 6 heterocycles. The first kappa shape index (κ1) is 41.2. The van der Waals surface area contributed by atoms with Gasteiger partial charge in [-0.2, -0.15) is 10.5 Å². The van der Waals surface area contributed by atoms with Crippen LogP contribution in [0.4, 0.5) is 4.39 Å². The number of aromatic amines is 1. The Bertz CT molecular complexity index is 3290. The predicted octanol–water partition coefficient (Wildman–Crippen LogP) is 7.20. The summed E-state index contributed by atoms with van der Waals surface area (Å²) in [6, 6.07) is 28.6. The van der Waals surface area contributed by atoms with E-state index in [1.807, 2.05) is 30.3 Å². The Labute approximate surface area is 353 Å². The number of aromatic nitrogens is 6. The van der Waals surface area contributed by atoms with Gasteiger partial charge in [-0.25, -0.2) is 4.39 Å². The summed E-state index contributed by atoms with van der Waals surface area (Å²) in [5.41, 5.74) is 26.6. The molecule has 0 aliphatic carbocycles. The number of H-pyrrole nitrogens is 1. The summed E-state index contributed by atoms with van der Waals surface area (Å²) < 4.78 is 17.4. The van der Waals surface area contributed by atoms with Crippen molar-refractivity contribution >= 4 is 50.4 Å². The highest BCUT2D eigenvalue weighted by molar-refractivity contribution is 6.06. The van der Waals surface area contributed by atoms with Crippen LogP contribution < -0.4 is 17.2 Å². The Kier molecular flexibility index (Phi) is 11.4. The first-order chi connectivity index (χ1) is 29.8. The number of rotatable bonds is 6. The molecule has 0 saturated carbocycles.